The van der Waals surface area contributed by atoms with Crippen LogP contribution in [0.25, 0.3) is 0 Å². The molecule has 5 nitrogen and oxygen atoms in total. The molecule has 18 heavy (non-hydrogen) atoms. The van der Waals surface area contributed by atoms with E-state index in [0.29, 0.717) is 23.8 Å². The lowest BCUT2D eigenvalue weighted by atomic mass is 9.93. The van der Waals surface area contributed by atoms with Crippen molar-refractivity contribution in [2.45, 2.75) is 13.3 Å². The average molecular weight is 247 g/mol. The molecule has 0 saturated carbocycles. The minimum Gasteiger partial charge on any atom is -0.493 e. The van der Waals surface area contributed by atoms with E-state index in [4.69, 9.17) is 15.2 Å². The smallest absolute Gasteiger partial charge is 0.169 e. The molecule has 5 heteroatoms. The number of para-hydroxylation sites is 1. The van der Waals surface area contributed by atoms with Crippen LogP contribution in [-0.4, -0.2) is 25.8 Å². The zero-order valence-electron chi connectivity index (χ0n) is 10.8. The van der Waals surface area contributed by atoms with E-state index in [-0.39, 0.29) is 5.92 Å². The Morgan fingerprint density at radius 3 is 2.61 bits per heavy atom. The van der Waals surface area contributed by atoms with E-state index in [2.05, 4.69) is 17.1 Å². The Morgan fingerprint density at radius 2 is 2.00 bits per heavy atom. The predicted octanol–water partition coefficient (Wildman–Crippen LogP) is 1.80. The lowest BCUT2D eigenvalue weighted by Crippen LogP contribution is -2.25. The van der Waals surface area contributed by atoms with Crippen molar-refractivity contribution in [1.82, 2.24) is 0 Å². The van der Waals surface area contributed by atoms with Crippen molar-refractivity contribution in [2.75, 3.05) is 14.2 Å². The number of benzene rings is 1. The van der Waals surface area contributed by atoms with Crippen molar-refractivity contribution in [3.63, 3.8) is 0 Å². The summed E-state index contributed by atoms with van der Waals surface area (Å²) in [5.74, 6) is 2.14. The standard InChI is InChI=1S/C13H17N3O2/c1-8-7-11(14)15-16-12(8)9-5-4-6-10(17-2)13(9)18-3/h4-6,8H,7H2,1-3H3,(H2,14,15). The molecule has 96 valence electrons. The Hall–Kier alpha value is -2.04. The SMILES string of the molecule is COc1cccc(C2=NN=C(N)CC2C)c1OC. The number of nitrogens with zero attached hydrogens (tertiary/aromatic N) is 2. The highest BCUT2D eigenvalue weighted by molar-refractivity contribution is 6.07. The molecule has 1 unspecified atom stereocenters. The molecule has 1 aromatic rings. The van der Waals surface area contributed by atoms with Crippen LogP contribution < -0.4 is 15.2 Å². The summed E-state index contributed by atoms with van der Waals surface area (Å²) in [6.45, 7) is 2.07. The molecule has 1 atom stereocenters. The molecule has 1 heterocycles. The van der Waals surface area contributed by atoms with Crippen molar-refractivity contribution >= 4 is 11.5 Å². The number of methoxy groups -OCH3 is 2. The molecule has 0 amide bonds. The van der Waals surface area contributed by atoms with Crippen LogP contribution >= 0.6 is 0 Å². The first-order valence-electron chi connectivity index (χ1n) is 5.78. The molecule has 0 bridgehead atoms. The summed E-state index contributed by atoms with van der Waals surface area (Å²) in [5.41, 5.74) is 7.46. The Kier molecular flexibility index (Phi) is 3.50. The van der Waals surface area contributed by atoms with Gasteiger partial charge in [-0.3, -0.25) is 0 Å². The molecule has 0 radical (unpaired) electrons. The summed E-state index contributed by atoms with van der Waals surface area (Å²) in [5, 5.41) is 8.14. The first kappa shape index (κ1) is 12.4. The summed E-state index contributed by atoms with van der Waals surface area (Å²) in [4.78, 5) is 0. The molecule has 0 aliphatic carbocycles. The number of nitrogens with two attached hydrogens (primary N) is 1. The van der Waals surface area contributed by atoms with E-state index in [9.17, 15) is 0 Å². The first-order valence-corrected chi connectivity index (χ1v) is 5.78. The van der Waals surface area contributed by atoms with Crippen molar-refractivity contribution in [2.24, 2.45) is 21.9 Å². The van der Waals surface area contributed by atoms with Crippen LogP contribution in [0, 0.1) is 5.92 Å². The molecular formula is C13H17N3O2. The lowest BCUT2D eigenvalue weighted by Gasteiger charge is -2.20. The highest BCUT2D eigenvalue weighted by Gasteiger charge is 2.23. The summed E-state index contributed by atoms with van der Waals surface area (Å²) in [6.07, 6.45) is 0.708. The number of amidine groups is 1. The van der Waals surface area contributed by atoms with Crippen LogP contribution in [0.5, 0.6) is 11.5 Å². The summed E-state index contributed by atoms with van der Waals surface area (Å²) in [6, 6.07) is 5.72. The fourth-order valence-corrected chi connectivity index (χ4v) is 2.08. The van der Waals surface area contributed by atoms with E-state index in [1.54, 1.807) is 14.2 Å². The predicted molar refractivity (Wildman–Crippen MR) is 71.5 cm³/mol. The van der Waals surface area contributed by atoms with E-state index in [1.165, 1.54) is 0 Å². The quantitative estimate of drug-likeness (QED) is 0.885. The monoisotopic (exact) mass is 247 g/mol. The third kappa shape index (κ3) is 2.16. The Morgan fingerprint density at radius 1 is 1.22 bits per heavy atom. The third-order valence-corrected chi connectivity index (χ3v) is 2.95. The van der Waals surface area contributed by atoms with Crippen LogP contribution in [0.4, 0.5) is 0 Å². The van der Waals surface area contributed by atoms with Gasteiger partial charge in [0.2, 0.25) is 0 Å². The van der Waals surface area contributed by atoms with Gasteiger partial charge in [0.05, 0.1) is 19.9 Å². The second kappa shape index (κ2) is 5.08. The number of rotatable bonds is 3. The maximum Gasteiger partial charge on any atom is 0.169 e. The highest BCUT2D eigenvalue weighted by Crippen LogP contribution is 2.33. The van der Waals surface area contributed by atoms with Gasteiger partial charge in [0.25, 0.3) is 0 Å². The van der Waals surface area contributed by atoms with Gasteiger partial charge in [0.15, 0.2) is 11.5 Å². The zero-order chi connectivity index (χ0) is 13.1. The zero-order valence-corrected chi connectivity index (χ0v) is 10.8. The average Bonchev–Trinajstić information content (AvgIpc) is 2.37. The fraction of sp³-hybridized carbons (Fsp3) is 0.385. The second-order valence-corrected chi connectivity index (χ2v) is 4.22. The Bertz CT molecular complexity index is 509. The normalized spacial score (nSPS) is 18.9. The Labute approximate surface area is 106 Å². The van der Waals surface area contributed by atoms with Crippen molar-refractivity contribution in [1.29, 1.82) is 0 Å². The summed E-state index contributed by atoms with van der Waals surface area (Å²) in [7, 11) is 3.23. The van der Waals surface area contributed by atoms with Gasteiger partial charge >= 0.3 is 0 Å². The van der Waals surface area contributed by atoms with Crippen molar-refractivity contribution in [3.05, 3.63) is 23.8 Å². The molecule has 1 aromatic carbocycles. The van der Waals surface area contributed by atoms with Gasteiger partial charge in [-0.05, 0) is 12.1 Å². The van der Waals surface area contributed by atoms with Crippen molar-refractivity contribution in [3.8, 4) is 11.5 Å². The molecule has 2 N–H and O–H groups in total. The maximum absolute atomic E-state index is 5.68. The van der Waals surface area contributed by atoms with E-state index < -0.39 is 0 Å². The minimum atomic E-state index is 0.212. The summed E-state index contributed by atoms with van der Waals surface area (Å²) >= 11 is 0. The molecule has 0 saturated heterocycles. The summed E-state index contributed by atoms with van der Waals surface area (Å²) < 4.78 is 10.7. The molecule has 0 fully saturated rings. The van der Waals surface area contributed by atoms with Gasteiger partial charge in [0.1, 0.15) is 5.84 Å². The molecular weight excluding hydrogens is 230 g/mol. The van der Waals surface area contributed by atoms with Crippen LogP contribution in [-0.2, 0) is 0 Å². The van der Waals surface area contributed by atoms with E-state index in [1.807, 2.05) is 18.2 Å². The first-order chi connectivity index (χ1) is 8.67. The molecule has 1 aliphatic rings. The molecule has 0 aromatic heterocycles. The van der Waals surface area contributed by atoms with E-state index >= 15 is 0 Å². The van der Waals surface area contributed by atoms with Gasteiger partial charge in [-0.1, -0.05) is 13.0 Å². The fourth-order valence-electron chi connectivity index (χ4n) is 2.08. The van der Waals surface area contributed by atoms with Crippen LogP contribution in [0.2, 0.25) is 0 Å². The second-order valence-electron chi connectivity index (χ2n) is 4.22. The van der Waals surface area contributed by atoms with Crippen LogP contribution in [0.3, 0.4) is 0 Å². The number of ether oxygens (including phenoxy) is 2. The number of hydrogen-bond donors (Lipinski definition) is 1. The Balaban J connectivity index is 2.51. The maximum atomic E-state index is 5.68. The van der Waals surface area contributed by atoms with Gasteiger partial charge < -0.3 is 15.2 Å². The van der Waals surface area contributed by atoms with Crippen LogP contribution in [0.1, 0.15) is 18.9 Å². The lowest BCUT2D eigenvalue weighted by molar-refractivity contribution is 0.354. The van der Waals surface area contributed by atoms with Gasteiger partial charge in [-0.15, -0.1) is 5.10 Å². The van der Waals surface area contributed by atoms with Gasteiger partial charge in [0, 0.05) is 17.9 Å². The van der Waals surface area contributed by atoms with Gasteiger partial charge in [-0.25, -0.2) is 0 Å². The minimum absolute atomic E-state index is 0.212. The van der Waals surface area contributed by atoms with E-state index in [0.717, 1.165) is 11.3 Å². The highest BCUT2D eigenvalue weighted by atomic mass is 16.5. The third-order valence-electron chi connectivity index (χ3n) is 2.95. The largest absolute Gasteiger partial charge is 0.493 e. The number of hydrogen-bond acceptors (Lipinski definition) is 5. The topological polar surface area (TPSA) is 69.2 Å². The van der Waals surface area contributed by atoms with Crippen molar-refractivity contribution < 1.29 is 9.47 Å². The molecule has 2 rings (SSSR count). The van der Waals surface area contributed by atoms with Crippen LogP contribution in [0.15, 0.2) is 28.4 Å². The van der Waals surface area contributed by atoms with Gasteiger partial charge in [-0.2, -0.15) is 5.10 Å². The molecule has 1 aliphatic heterocycles. The molecule has 0 spiro atoms.